The number of fused-ring (bicyclic) bond motifs is 1. The maximum Gasteiger partial charge on any atom is 0.129 e. The molecule has 0 amide bonds. The van der Waals surface area contributed by atoms with E-state index in [9.17, 15) is 5.26 Å². The Balaban J connectivity index is 1.42. The Morgan fingerprint density at radius 2 is 1.68 bits per heavy atom. The van der Waals surface area contributed by atoms with Gasteiger partial charge in [0.05, 0.1) is 30.5 Å². The van der Waals surface area contributed by atoms with Gasteiger partial charge in [-0.25, -0.2) is 0 Å². The van der Waals surface area contributed by atoms with Crippen LogP contribution in [-0.2, 0) is 11.3 Å². The average Bonchev–Trinajstić information content (AvgIpc) is 2.91. The van der Waals surface area contributed by atoms with Crippen molar-refractivity contribution >= 4 is 28.4 Å². The van der Waals surface area contributed by atoms with Crippen molar-refractivity contribution in [3.63, 3.8) is 0 Å². The molecule has 1 aliphatic heterocycles. The highest BCUT2D eigenvalue weighted by Crippen LogP contribution is 2.29. The van der Waals surface area contributed by atoms with Gasteiger partial charge in [0, 0.05) is 36.1 Å². The number of morpholine rings is 1. The lowest BCUT2D eigenvalue weighted by molar-refractivity contribution is 0.122. The second-order valence-electron chi connectivity index (χ2n) is 8.13. The summed E-state index contributed by atoms with van der Waals surface area (Å²) >= 11 is 0. The van der Waals surface area contributed by atoms with Crippen molar-refractivity contribution in [2.75, 3.05) is 31.2 Å². The van der Waals surface area contributed by atoms with E-state index in [2.05, 4.69) is 41.3 Å². The number of benzene rings is 4. The Labute approximate surface area is 199 Å². The van der Waals surface area contributed by atoms with Crippen LogP contribution in [0.2, 0.25) is 0 Å². The highest BCUT2D eigenvalue weighted by Gasteiger charge is 2.11. The van der Waals surface area contributed by atoms with E-state index in [1.54, 1.807) is 0 Å². The third-order valence-corrected chi connectivity index (χ3v) is 6.02. The van der Waals surface area contributed by atoms with Gasteiger partial charge in [0.1, 0.15) is 12.4 Å². The molecule has 5 rings (SSSR count). The van der Waals surface area contributed by atoms with Gasteiger partial charge in [0.25, 0.3) is 0 Å². The van der Waals surface area contributed by atoms with E-state index >= 15 is 0 Å². The van der Waals surface area contributed by atoms with Gasteiger partial charge in [-0.3, -0.25) is 4.99 Å². The molecular formula is C29H25N3O2. The number of nitrogens with zero attached hydrogens (tertiary/aromatic N) is 3. The van der Waals surface area contributed by atoms with Crippen molar-refractivity contribution in [2.45, 2.75) is 6.61 Å². The molecule has 4 aromatic carbocycles. The van der Waals surface area contributed by atoms with Crippen LogP contribution in [0.1, 0.15) is 16.7 Å². The van der Waals surface area contributed by atoms with Crippen LogP contribution in [0.15, 0.2) is 89.9 Å². The minimum Gasteiger partial charge on any atom is -0.488 e. The molecule has 168 valence electrons. The van der Waals surface area contributed by atoms with Crippen LogP contribution >= 0.6 is 0 Å². The minimum atomic E-state index is 0.317. The van der Waals surface area contributed by atoms with E-state index in [4.69, 9.17) is 14.5 Å². The lowest BCUT2D eigenvalue weighted by Gasteiger charge is -2.28. The Morgan fingerprint density at radius 1 is 0.912 bits per heavy atom. The Bertz CT molecular complexity index is 1350. The van der Waals surface area contributed by atoms with E-state index in [1.165, 1.54) is 5.69 Å². The monoisotopic (exact) mass is 447 g/mol. The van der Waals surface area contributed by atoms with Crippen molar-refractivity contribution in [3.05, 3.63) is 102 Å². The molecule has 0 bridgehead atoms. The molecule has 5 heteroatoms. The number of hydrogen-bond acceptors (Lipinski definition) is 5. The maximum absolute atomic E-state index is 9.39. The number of ether oxygens (including phenoxy) is 2. The fourth-order valence-electron chi connectivity index (χ4n) is 4.16. The Hall–Kier alpha value is -4.14. The zero-order valence-corrected chi connectivity index (χ0v) is 18.9. The maximum atomic E-state index is 9.39. The molecule has 1 saturated heterocycles. The van der Waals surface area contributed by atoms with Crippen molar-refractivity contribution in [1.82, 2.24) is 0 Å². The zero-order valence-electron chi connectivity index (χ0n) is 18.9. The largest absolute Gasteiger partial charge is 0.488 e. The number of hydrogen-bond donors (Lipinski definition) is 0. The first-order chi connectivity index (χ1) is 16.8. The molecule has 4 aromatic rings. The smallest absolute Gasteiger partial charge is 0.129 e. The second kappa shape index (κ2) is 10.2. The minimum absolute atomic E-state index is 0.317. The zero-order chi connectivity index (χ0) is 23.2. The SMILES string of the molecule is N#Cc1ccccc1COc1ccc2ccccc2c1C=Nc1ccc(N2CCOCC2)cc1. The molecule has 0 spiro atoms. The van der Waals surface area contributed by atoms with Crippen molar-refractivity contribution in [3.8, 4) is 11.8 Å². The first-order valence-electron chi connectivity index (χ1n) is 11.4. The molecule has 5 nitrogen and oxygen atoms in total. The molecule has 1 aliphatic rings. The number of rotatable bonds is 6. The van der Waals surface area contributed by atoms with Crippen molar-refractivity contribution < 1.29 is 9.47 Å². The molecule has 0 atom stereocenters. The van der Waals surface area contributed by atoms with Gasteiger partial charge in [-0.2, -0.15) is 5.26 Å². The fraction of sp³-hybridized carbons (Fsp3) is 0.172. The van der Waals surface area contributed by atoms with Gasteiger partial charge in [-0.15, -0.1) is 0 Å². The molecule has 0 aliphatic carbocycles. The lowest BCUT2D eigenvalue weighted by Crippen LogP contribution is -2.36. The quantitative estimate of drug-likeness (QED) is 0.347. The predicted molar refractivity (Wildman–Crippen MR) is 136 cm³/mol. The van der Waals surface area contributed by atoms with Crippen molar-refractivity contribution in [2.24, 2.45) is 4.99 Å². The summed E-state index contributed by atoms with van der Waals surface area (Å²) in [7, 11) is 0. The van der Waals surface area contributed by atoms with E-state index in [1.807, 2.05) is 60.8 Å². The van der Waals surface area contributed by atoms with Crippen molar-refractivity contribution in [1.29, 1.82) is 5.26 Å². The average molecular weight is 448 g/mol. The van der Waals surface area contributed by atoms with E-state index in [0.29, 0.717) is 12.2 Å². The highest BCUT2D eigenvalue weighted by atomic mass is 16.5. The number of aliphatic imine (C=N–C) groups is 1. The number of nitriles is 1. The van der Waals surface area contributed by atoms with Crippen LogP contribution in [0, 0.1) is 11.3 Å². The summed E-state index contributed by atoms with van der Waals surface area (Å²) in [5.74, 6) is 0.736. The first kappa shape index (κ1) is 21.7. The Morgan fingerprint density at radius 3 is 2.50 bits per heavy atom. The molecule has 0 saturated carbocycles. The van der Waals surface area contributed by atoms with Gasteiger partial charge < -0.3 is 14.4 Å². The molecule has 0 radical (unpaired) electrons. The van der Waals surface area contributed by atoms with E-state index in [-0.39, 0.29) is 0 Å². The summed E-state index contributed by atoms with van der Waals surface area (Å²) in [5, 5.41) is 11.6. The lowest BCUT2D eigenvalue weighted by atomic mass is 10.0. The van der Waals surface area contributed by atoms with Crippen LogP contribution in [-0.4, -0.2) is 32.5 Å². The third kappa shape index (κ3) is 4.78. The second-order valence-corrected chi connectivity index (χ2v) is 8.13. The standard InChI is InChI=1S/C29H25N3O2/c30-19-23-6-1-2-7-24(23)21-34-29-14-9-22-5-3-4-8-27(22)28(29)20-31-25-10-12-26(13-11-25)32-15-17-33-18-16-32/h1-14,20H,15-18,21H2. The van der Waals surface area contributed by atoms with Gasteiger partial charge in [0.2, 0.25) is 0 Å². The summed E-state index contributed by atoms with van der Waals surface area (Å²) in [6.45, 7) is 3.67. The number of anilines is 1. The van der Waals surface area contributed by atoms with Crippen LogP contribution in [0.25, 0.3) is 10.8 Å². The first-order valence-corrected chi connectivity index (χ1v) is 11.4. The van der Waals surface area contributed by atoms with Crippen LogP contribution in [0.4, 0.5) is 11.4 Å². The van der Waals surface area contributed by atoms with Gasteiger partial charge in [0.15, 0.2) is 0 Å². The topological polar surface area (TPSA) is 57.8 Å². The molecule has 1 heterocycles. The predicted octanol–water partition coefficient (Wildman–Crippen LogP) is 5.88. The van der Waals surface area contributed by atoms with Gasteiger partial charge in [-0.1, -0.05) is 48.5 Å². The van der Waals surface area contributed by atoms with E-state index in [0.717, 1.165) is 59.6 Å². The highest BCUT2D eigenvalue weighted by molar-refractivity contribution is 6.03. The summed E-state index contributed by atoms with van der Waals surface area (Å²) < 4.78 is 11.6. The summed E-state index contributed by atoms with van der Waals surface area (Å²) in [6.07, 6.45) is 1.87. The molecule has 0 unspecified atom stereocenters. The van der Waals surface area contributed by atoms with Gasteiger partial charge >= 0.3 is 0 Å². The summed E-state index contributed by atoms with van der Waals surface area (Å²) in [4.78, 5) is 7.09. The van der Waals surface area contributed by atoms with Crippen LogP contribution < -0.4 is 9.64 Å². The molecule has 0 N–H and O–H groups in total. The Kier molecular flexibility index (Phi) is 6.51. The fourth-order valence-corrected chi connectivity index (χ4v) is 4.16. The molecule has 1 fully saturated rings. The van der Waals surface area contributed by atoms with Crippen LogP contribution in [0.3, 0.4) is 0 Å². The third-order valence-electron chi connectivity index (χ3n) is 6.02. The normalized spacial score (nSPS) is 13.8. The summed E-state index contributed by atoms with van der Waals surface area (Å²) in [6, 6.07) is 30.3. The van der Waals surface area contributed by atoms with Crippen LogP contribution in [0.5, 0.6) is 5.75 Å². The molecule has 0 aromatic heterocycles. The van der Waals surface area contributed by atoms with E-state index < -0.39 is 0 Å². The molecular weight excluding hydrogens is 422 g/mol. The van der Waals surface area contributed by atoms with Gasteiger partial charge in [-0.05, 0) is 47.2 Å². The molecule has 34 heavy (non-hydrogen) atoms. The summed E-state index contributed by atoms with van der Waals surface area (Å²) in [5.41, 5.74) is 4.47.